The van der Waals surface area contributed by atoms with Gasteiger partial charge in [-0.25, -0.2) is 8.78 Å². The normalized spacial score (nSPS) is 17.6. The Morgan fingerprint density at radius 2 is 2.06 bits per heavy atom. The molecule has 0 bridgehead atoms. The Balaban J connectivity index is 1.54. The van der Waals surface area contributed by atoms with E-state index in [2.05, 4.69) is 10.1 Å². The van der Waals surface area contributed by atoms with Crippen LogP contribution >= 0.6 is 0 Å². The van der Waals surface area contributed by atoms with Crippen molar-refractivity contribution in [3.63, 3.8) is 0 Å². The van der Waals surface area contributed by atoms with E-state index in [4.69, 9.17) is 5.26 Å². The lowest BCUT2D eigenvalue weighted by atomic mass is 9.99. The fourth-order valence-electron chi connectivity index (χ4n) is 3.83. The summed E-state index contributed by atoms with van der Waals surface area (Å²) in [4.78, 5) is 30.5. The molecule has 3 heterocycles. The SMILES string of the molecule is Cn1cc(-c2ccc3nccc(C(=O)CCC(=O)N4CC(F)(F)C[C@H]4C#N)c3c2)cn1. The molecule has 1 aliphatic rings. The summed E-state index contributed by atoms with van der Waals surface area (Å²) in [7, 11) is 1.81. The van der Waals surface area contributed by atoms with Crippen LogP contribution in [-0.2, 0) is 11.8 Å². The van der Waals surface area contributed by atoms with Crippen molar-refractivity contribution in [3.8, 4) is 17.2 Å². The van der Waals surface area contributed by atoms with E-state index >= 15 is 0 Å². The van der Waals surface area contributed by atoms with Crippen LogP contribution in [0.15, 0.2) is 42.9 Å². The van der Waals surface area contributed by atoms with E-state index in [9.17, 15) is 18.4 Å². The van der Waals surface area contributed by atoms with Gasteiger partial charge in [0, 0.05) is 55.2 Å². The first-order chi connectivity index (χ1) is 14.8. The number of benzene rings is 1. The summed E-state index contributed by atoms with van der Waals surface area (Å²) in [6.45, 7) is -0.787. The number of halogens is 2. The Morgan fingerprint density at radius 1 is 1.26 bits per heavy atom. The minimum absolute atomic E-state index is 0.144. The zero-order chi connectivity index (χ0) is 22.2. The van der Waals surface area contributed by atoms with Gasteiger partial charge >= 0.3 is 0 Å². The fourth-order valence-corrected chi connectivity index (χ4v) is 3.83. The van der Waals surface area contributed by atoms with E-state index in [0.717, 1.165) is 16.0 Å². The van der Waals surface area contributed by atoms with Crippen LogP contribution in [0.5, 0.6) is 0 Å². The van der Waals surface area contributed by atoms with Crippen molar-refractivity contribution in [3.05, 3.63) is 48.4 Å². The molecule has 158 valence electrons. The molecule has 0 unspecified atom stereocenters. The number of hydrogen-bond donors (Lipinski definition) is 0. The maximum Gasteiger partial charge on any atom is 0.268 e. The van der Waals surface area contributed by atoms with E-state index in [1.54, 1.807) is 23.0 Å². The van der Waals surface area contributed by atoms with Crippen molar-refractivity contribution >= 4 is 22.6 Å². The number of amides is 1. The van der Waals surface area contributed by atoms with E-state index in [1.165, 1.54) is 6.20 Å². The van der Waals surface area contributed by atoms with Gasteiger partial charge in [0.2, 0.25) is 5.91 Å². The molecule has 0 aliphatic carbocycles. The first-order valence-corrected chi connectivity index (χ1v) is 9.75. The second-order valence-electron chi connectivity index (χ2n) is 7.64. The molecule has 1 fully saturated rings. The molecule has 1 atom stereocenters. The summed E-state index contributed by atoms with van der Waals surface area (Å²) in [5, 5.41) is 13.9. The van der Waals surface area contributed by atoms with E-state index in [1.807, 2.05) is 31.4 Å². The average Bonchev–Trinajstić information content (AvgIpc) is 3.33. The number of likely N-dealkylation sites (tertiary alicyclic amines) is 1. The van der Waals surface area contributed by atoms with Crippen LogP contribution < -0.4 is 0 Å². The lowest BCUT2D eigenvalue weighted by molar-refractivity contribution is -0.132. The van der Waals surface area contributed by atoms with Gasteiger partial charge < -0.3 is 4.90 Å². The monoisotopic (exact) mass is 423 g/mol. The predicted octanol–water partition coefficient (Wildman–Crippen LogP) is 3.36. The third kappa shape index (κ3) is 4.14. The Kier molecular flexibility index (Phi) is 5.23. The number of Topliss-reactive ketones (excluding diaryl/α,β-unsaturated/α-hetero) is 1. The number of alkyl halides is 2. The number of pyridine rings is 1. The van der Waals surface area contributed by atoms with Crippen molar-refractivity contribution in [2.45, 2.75) is 31.2 Å². The molecule has 7 nitrogen and oxygen atoms in total. The number of hydrogen-bond acceptors (Lipinski definition) is 5. The van der Waals surface area contributed by atoms with Gasteiger partial charge in [0.15, 0.2) is 5.78 Å². The van der Waals surface area contributed by atoms with Gasteiger partial charge in [0.05, 0.1) is 24.3 Å². The second kappa shape index (κ2) is 7.87. The van der Waals surface area contributed by atoms with Crippen LogP contribution in [0.25, 0.3) is 22.0 Å². The molecule has 1 aromatic carbocycles. The minimum Gasteiger partial charge on any atom is -0.320 e. The largest absolute Gasteiger partial charge is 0.320 e. The number of nitriles is 1. The molecule has 1 aliphatic heterocycles. The number of fused-ring (bicyclic) bond motifs is 1. The lowest BCUT2D eigenvalue weighted by Crippen LogP contribution is -2.36. The number of carbonyl (C=O) groups excluding carboxylic acids is 2. The van der Waals surface area contributed by atoms with E-state index in [-0.39, 0.29) is 18.6 Å². The van der Waals surface area contributed by atoms with Crippen molar-refractivity contribution in [2.24, 2.45) is 7.05 Å². The molecule has 1 saturated heterocycles. The van der Waals surface area contributed by atoms with Gasteiger partial charge in [0.25, 0.3) is 5.92 Å². The molecule has 3 aromatic rings. The fraction of sp³-hybridized carbons (Fsp3) is 0.318. The number of aryl methyl sites for hydroxylation is 1. The number of aromatic nitrogens is 3. The maximum absolute atomic E-state index is 13.6. The molecule has 0 spiro atoms. The van der Waals surface area contributed by atoms with Crippen molar-refractivity contribution in [1.29, 1.82) is 5.26 Å². The van der Waals surface area contributed by atoms with Crippen LogP contribution in [0.2, 0.25) is 0 Å². The van der Waals surface area contributed by atoms with Gasteiger partial charge in [-0.15, -0.1) is 0 Å². The molecule has 4 rings (SSSR count). The molecule has 9 heteroatoms. The summed E-state index contributed by atoms with van der Waals surface area (Å²) in [6.07, 6.45) is 4.04. The summed E-state index contributed by atoms with van der Waals surface area (Å²) in [5.41, 5.74) is 2.80. The summed E-state index contributed by atoms with van der Waals surface area (Å²) < 4.78 is 28.8. The molecule has 0 saturated carbocycles. The lowest BCUT2D eigenvalue weighted by Gasteiger charge is -2.18. The highest BCUT2D eigenvalue weighted by molar-refractivity contribution is 6.08. The smallest absolute Gasteiger partial charge is 0.268 e. The first kappa shape index (κ1) is 20.6. The van der Waals surface area contributed by atoms with Gasteiger partial charge in [-0.3, -0.25) is 19.3 Å². The van der Waals surface area contributed by atoms with Gasteiger partial charge in [-0.05, 0) is 23.8 Å². The molecular formula is C22H19F2N5O2. The topological polar surface area (TPSA) is 91.9 Å². The number of ketones is 1. The number of carbonyl (C=O) groups is 2. The van der Waals surface area contributed by atoms with Crippen molar-refractivity contribution < 1.29 is 18.4 Å². The van der Waals surface area contributed by atoms with Crippen LogP contribution in [0, 0.1) is 11.3 Å². The quantitative estimate of drug-likeness (QED) is 0.587. The molecule has 2 aromatic heterocycles. The highest BCUT2D eigenvalue weighted by Gasteiger charge is 2.47. The minimum atomic E-state index is -3.08. The molecule has 0 radical (unpaired) electrons. The van der Waals surface area contributed by atoms with Gasteiger partial charge in [-0.2, -0.15) is 10.4 Å². The Hall–Kier alpha value is -3.67. The Morgan fingerprint density at radius 3 is 2.77 bits per heavy atom. The molecule has 1 amide bonds. The average molecular weight is 423 g/mol. The van der Waals surface area contributed by atoms with E-state index in [0.29, 0.717) is 16.5 Å². The second-order valence-corrected chi connectivity index (χ2v) is 7.64. The predicted molar refractivity (Wildman–Crippen MR) is 108 cm³/mol. The number of nitrogens with zero attached hydrogens (tertiary/aromatic N) is 5. The summed E-state index contributed by atoms with van der Waals surface area (Å²) in [5.74, 6) is -3.99. The van der Waals surface area contributed by atoms with Crippen LogP contribution in [-0.4, -0.2) is 49.9 Å². The Labute approximate surface area is 176 Å². The number of rotatable bonds is 5. The highest BCUT2D eigenvalue weighted by Crippen LogP contribution is 2.32. The van der Waals surface area contributed by atoms with Crippen LogP contribution in [0.1, 0.15) is 29.6 Å². The summed E-state index contributed by atoms with van der Waals surface area (Å²) in [6, 6.07) is 7.71. The van der Waals surface area contributed by atoms with Gasteiger partial charge in [0.1, 0.15) is 6.04 Å². The van der Waals surface area contributed by atoms with Crippen LogP contribution in [0.4, 0.5) is 8.78 Å². The van der Waals surface area contributed by atoms with Crippen LogP contribution in [0.3, 0.4) is 0 Å². The first-order valence-electron chi connectivity index (χ1n) is 9.75. The van der Waals surface area contributed by atoms with Crippen molar-refractivity contribution in [1.82, 2.24) is 19.7 Å². The highest BCUT2D eigenvalue weighted by atomic mass is 19.3. The van der Waals surface area contributed by atoms with Crippen molar-refractivity contribution in [2.75, 3.05) is 6.54 Å². The molecule has 0 N–H and O–H groups in total. The zero-order valence-electron chi connectivity index (χ0n) is 16.8. The maximum atomic E-state index is 13.6. The van der Waals surface area contributed by atoms with Gasteiger partial charge in [-0.1, -0.05) is 6.07 Å². The molecule has 31 heavy (non-hydrogen) atoms. The zero-order valence-corrected chi connectivity index (χ0v) is 16.8. The molecular weight excluding hydrogens is 404 g/mol. The third-order valence-corrected chi connectivity index (χ3v) is 5.39. The Bertz CT molecular complexity index is 1210. The standard InChI is InChI=1S/C22H19F2N5O2/c1-28-12-15(11-27-28)14-2-3-19-18(8-14)17(6-7-26-19)20(30)4-5-21(31)29-13-22(23,24)9-16(29)10-25/h2-3,6-8,11-12,16H,4-5,9,13H2,1H3/t16-/m0/s1. The third-order valence-electron chi connectivity index (χ3n) is 5.39. The summed E-state index contributed by atoms with van der Waals surface area (Å²) >= 11 is 0. The van der Waals surface area contributed by atoms with E-state index < -0.39 is 30.8 Å².